The first-order chi connectivity index (χ1) is 14.4. The topological polar surface area (TPSA) is 76.0 Å². The monoisotopic (exact) mass is 422 g/mol. The molecule has 4 rings (SSSR count). The van der Waals surface area contributed by atoms with Crippen LogP contribution in [0, 0.1) is 13.8 Å². The summed E-state index contributed by atoms with van der Waals surface area (Å²) < 4.78 is 1.64. The molecule has 1 atom stereocenters. The number of anilines is 2. The maximum absolute atomic E-state index is 12.7. The van der Waals surface area contributed by atoms with Crippen LogP contribution in [0.4, 0.5) is 11.5 Å². The van der Waals surface area contributed by atoms with Gasteiger partial charge in [-0.2, -0.15) is 5.10 Å². The number of carbonyl (C=O) groups excluding carboxylic acids is 2. The number of hydrogen-bond donors (Lipinski definition) is 2. The second-order valence-electron chi connectivity index (χ2n) is 7.61. The van der Waals surface area contributed by atoms with Crippen molar-refractivity contribution in [2.45, 2.75) is 39.7 Å². The number of nitrogens with zero attached hydrogens (tertiary/aromatic N) is 2. The third-order valence-corrected chi connectivity index (χ3v) is 5.39. The van der Waals surface area contributed by atoms with Crippen LogP contribution in [0.3, 0.4) is 0 Å². The number of rotatable bonds is 5. The van der Waals surface area contributed by atoms with E-state index in [1.54, 1.807) is 10.7 Å². The Balaban J connectivity index is 1.62. The molecule has 1 unspecified atom stereocenters. The van der Waals surface area contributed by atoms with Gasteiger partial charge in [0, 0.05) is 16.3 Å². The van der Waals surface area contributed by atoms with Gasteiger partial charge in [0.1, 0.15) is 11.9 Å². The molecule has 7 heteroatoms. The first-order valence-corrected chi connectivity index (χ1v) is 10.3. The van der Waals surface area contributed by atoms with Crippen LogP contribution in [-0.4, -0.2) is 21.6 Å². The number of halogens is 1. The summed E-state index contributed by atoms with van der Waals surface area (Å²) in [5, 5.41) is 11.1. The number of hydrogen-bond acceptors (Lipinski definition) is 3. The van der Waals surface area contributed by atoms with Gasteiger partial charge >= 0.3 is 0 Å². The van der Waals surface area contributed by atoms with Gasteiger partial charge in [-0.3, -0.25) is 9.59 Å². The average Bonchev–Trinajstić information content (AvgIpc) is 3.16. The quantitative estimate of drug-likeness (QED) is 0.613. The van der Waals surface area contributed by atoms with Crippen LogP contribution in [0.1, 0.15) is 36.2 Å². The molecule has 0 radical (unpaired) electrons. The Morgan fingerprint density at radius 2 is 1.93 bits per heavy atom. The summed E-state index contributed by atoms with van der Waals surface area (Å²) in [4.78, 5) is 25.3. The zero-order valence-corrected chi connectivity index (χ0v) is 17.9. The van der Waals surface area contributed by atoms with Gasteiger partial charge in [-0.1, -0.05) is 36.7 Å². The SMILES string of the molecule is CCc1nn2c(c1-c1cccc(Cl)c1)NC(=O)C2CC(=O)Nc1cc(C)cc(C)c1. The minimum Gasteiger partial charge on any atom is -0.326 e. The fourth-order valence-electron chi connectivity index (χ4n) is 3.95. The summed E-state index contributed by atoms with van der Waals surface area (Å²) in [6, 6.07) is 12.6. The zero-order chi connectivity index (χ0) is 21.4. The summed E-state index contributed by atoms with van der Waals surface area (Å²) in [5.74, 6) is 0.146. The number of aromatic nitrogens is 2. The van der Waals surface area contributed by atoms with Gasteiger partial charge in [0.15, 0.2) is 0 Å². The lowest BCUT2D eigenvalue weighted by Crippen LogP contribution is -2.24. The van der Waals surface area contributed by atoms with Crippen molar-refractivity contribution < 1.29 is 9.59 Å². The minimum absolute atomic E-state index is 0.00560. The molecule has 2 N–H and O–H groups in total. The van der Waals surface area contributed by atoms with Crippen molar-refractivity contribution in [2.75, 3.05) is 10.6 Å². The highest BCUT2D eigenvalue weighted by Crippen LogP contribution is 2.39. The van der Waals surface area contributed by atoms with E-state index in [9.17, 15) is 9.59 Å². The number of carbonyl (C=O) groups is 2. The maximum atomic E-state index is 12.7. The number of benzene rings is 2. The normalized spacial score (nSPS) is 15.1. The van der Waals surface area contributed by atoms with Gasteiger partial charge in [-0.05, 0) is 61.2 Å². The average molecular weight is 423 g/mol. The van der Waals surface area contributed by atoms with Gasteiger partial charge in [0.05, 0.1) is 12.1 Å². The molecular weight excluding hydrogens is 400 g/mol. The van der Waals surface area contributed by atoms with Crippen molar-refractivity contribution >= 4 is 34.9 Å². The van der Waals surface area contributed by atoms with Gasteiger partial charge in [-0.15, -0.1) is 0 Å². The van der Waals surface area contributed by atoms with Crippen LogP contribution in [-0.2, 0) is 16.0 Å². The van der Waals surface area contributed by atoms with E-state index >= 15 is 0 Å². The smallest absolute Gasteiger partial charge is 0.251 e. The fraction of sp³-hybridized carbons (Fsp3) is 0.261. The van der Waals surface area contributed by atoms with Crippen molar-refractivity contribution in [1.82, 2.24) is 9.78 Å². The zero-order valence-electron chi connectivity index (χ0n) is 17.1. The van der Waals surface area contributed by atoms with E-state index in [1.165, 1.54) is 0 Å². The number of nitrogens with one attached hydrogen (secondary N) is 2. The van der Waals surface area contributed by atoms with E-state index in [0.29, 0.717) is 17.3 Å². The lowest BCUT2D eigenvalue weighted by Gasteiger charge is -2.11. The number of amides is 2. The van der Waals surface area contributed by atoms with Crippen LogP contribution in [0.15, 0.2) is 42.5 Å². The van der Waals surface area contributed by atoms with Crippen molar-refractivity contribution in [3.05, 3.63) is 64.3 Å². The van der Waals surface area contributed by atoms with E-state index in [4.69, 9.17) is 11.6 Å². The molecule has 0 bridgehead atoms. The molecule has 1 aromatic heterocycles. The molecule has 0 fully saturated rings. The summed E-state index contributed by atoms with van der Waals surface area (Å²) in [6.45, 7) is 5.97. The standard InChI is InChI=1S/C23H23ClN4O2/c1-4-18-21(15-6-5-7-16(24)11-15)22-26-23(30)19(28(22)27-18)12-20(29)25-17-9-13(2)8-14(3)10-17/h5-11,19H,4,12H2,1-3H3,(H,25,29)(H,26,30). The number of fused-ring (bicyclic) bond motifs is 1. The second kappa shape index (κ2) is 7.95. The second-order valence-corrected chi connectivity index (χ2v) is 8.05. The molecule has 154 valence electrons. The predicted octanol–water partition coefficient (Wildman–Crippen LogP) is 4.90. The molecule has 0 aliphatic carbocycles. The molecule has 1 aliphatic heterocycles. The molecule has 30 heavy (non-hydrogen) atoms. The van der Waals surface area contributed by atoms with Crippen LogP contribution in [0.5, 0.6) is 0 Å². The lowest BCUT2D eigenvalue weighted by atomic mass is 10.0. The van der Waals surface area contributed by atoms with E-state index in [-0.39, 0.29) is 18.2 Å². The molecule has 0 saturated carbocycles. The molecule has 6 nitrogen and oxygen atoms in total. The largest absolute Gasteiger partial charge is 0.326 e. The minimum atomic E-state index is -0.691. The summed E-state index contributed by atoms with van der Waals surface area (Å²) in [7, 11) is 0. The van der Waals surface area contributed by atoms with Crippen molar-refractivity contribution in [2.24, 2.45) is 0 Å². The van der Waals surface area contributed by atoms with Crippen LogP contribution >= 0.6 is 11.6 Å². The Bertz CT molecular complexity index is 1130. The summed E-state index contributed by atoms with van der Waals surface area (Å²) >= 11 is 6.17. The van der Waals surface area contributed by atoms with E-state index < -0.39 is 6.04 Å². The van der Waals surface area contributed by atoms with Crippen LogP contribution in [0.25, 0.3) is 11.1 Å². The number of aryl methyl sites for hydroxylation is 3. The van der Waals surface area contributed by atoms with Crippen molar-refractivity contribution in [1.29, 1.82) is 0 Å². The first-order valence-electron chi connectivity index (χ1n) is 9.92. The third-order valence-electron chi connectivity index (χ3n) is 5.15. The van der Waals surface area contributed by atoms with Gasteiger partial charge in [0.2, 0.25) is 5.91 Å². The Morgan fingerprint density at radius 3 is 2.60 bits per heavy atom. The fourth-order valence-corrected chi connectivity index (χ4v) is 4.14. The van der Waals surface area contributed by atoms with Crippen LogP contribution in [0.2, 0.25) is 5.02 Å². The lowest BCUT2D eigenvalue weighted by molar-refractivity contribution is -0.123. The highest BCUT2D eigenvalue weighted by atomic mass is 35.5. The van der Waals surface area contributed by atoms with E-state index in [2.05, 4.69) is 15.7 Å². The maximum Gasteiger partial charge on any atom is 0.251 e. The molecule has 3 aromatic rings. The highest BCUT2D eigenvalue weighted by molar-refractivity contribution is 6.30. The molecule has 0 saturated heterocycles. The van der Waals surface area contributed by atoms with Crippen molar-refractivity contribution in [3.63, 3.8) is 0 Å². The Labute approximate surface area is 180 Å². The molecular formula is C23H23ClN4O2. The van der Waals surface area contributed by atoms with Gasteiger partial charge in [-0.25, -0.2) is 4.68 Å². The first kappa shape index (κ1) is 20.2. The van der Waals surface area contributed by atoms with Gasteiger partial charge in [0.25, 0.3) is 5.91 Å². The summed E-state index contributed by atoms with van der Waals surface area (Å²) in [5.41, 5.74) is 5.46. The molecule has 0 spiro atoms. The highest BCUT2D eigenvalue weighted by Gasteiger charge is 2.36. The third kappa shape index (κ3) is 3.83. The summed E-state index contributed by atoms with van der Waals surface area (Å²) in [6.07, 6.45) is 0.699. The molecule has 2 amide bonds. The Hall–Kier alpha value is -3.12. The van der Waals surface area contributed by atoms with Crippen molar-refractivity contribution in [3.8, 4) is 11.1 Å². The Kier molecular flexibility index (Phi) is 5.35. The molecule has 2 aromatic carbocycles. The predicted molar refractivity (Wildman–Crippen MR) is 119 cm³/mol. The molecule has 1 aliphatic rings. The Morgan fingerprint density at radius 1 is 1.20 bits per heavy atom. The van der Waals surface area contributed by atoms with Crippen LogP contribution < -0.4 is 10.6 Å². The van der Waals surface area contributed by atoms with E-state index in [1.807, 2.05) is 57.2 Å². The molecule has 2 heterocycles. The van der Waals surface area contributed by atoms with E-state index in [0.717, 1.165) is 33.6 Å². The van der Waals surface area contributed by atoms with Gasteiger partial charge < -0.3 is 10.6 Å².